The van der Waals surface area contributed by atoms with E-state index in [-0.39, 0.29) is 6.61 Å². The molecule has 1 rings (SSSR count). The number of nitrogens with two attached hydrogens (primary N) is 1. The molecule has 1 aromatic heterocycles. The standard InChI is InChI=1S/C9H12N2O/c10-9-8(4-1-2-7-12)5-3-6-11-9/h1,3-6,12H,2,7H2,(H2,10,11). The molecule has 3 nitrogen and oxygen atoms in total. The number of nitrogens with zero attached hydrogens (tertiary/aromatic N) is 1. The van der Waals surface area contributed by atoms with Crippen LogP contribution in [-0.2, 0) is 0 Å². The van der Waals surface area contributed by atoms with E-state index in [2.05, 4.69) is 4.98 Å². The summed E-state index contributed by atoms with van der Waals surface area (Å²) < 4.78 is 0. The van der Waals surface area contributed by atoms with Gasteiger partial charge in [-0.15, -0.1) is 0 Å². The number of nitrogen functional groups attached to an aromatic ring is 1. The van der Waals surface area contributed by atoms with E-state index in [0.717, 1.165) is 5.56 Å². The molecule has 64 valence electrons. The van der Waals surface area contributed by atoms with Gasteiger partial charge >= 0.3 is 0 Å². The van der Waals surface area contributed by atoms with E-state index < -0.39 is 0 Å². The molecule has 0 spiro atoms. The van der Waals surface area contributed by atoms with Crippen LogP contribution >= 0.6 is 0 Å². The maximum atomic E-state index is 8.52. The van der Waals surface area contributed by atoms with Crippen LogP contribution in [0.2, 0.25) is 0 Å². The average molecular weight is 164 g/mol. The van der Waals surface area contributed by atoms with E-state index in [1.54, 1.807) is 6.20 Å². The van der Waals surface area contributed by atoms with Crippen LogP contribution in [0.3, 0.4) is 0 Å². The molecule has 12 heavy (non-hydrogen) atoms. The molecule has 1 aromatic rings. The van der Waals surface area contributed by atoms with Gasteiger partial charge in [-0.05, 0) is 18.6 Å². The quantitative estimate of drug-likeness (QED) is 0.702. The van der Waals surface area contributed by atoms with Crippen molar-refractivity contribution in [3.05, 3.63) is 30.0 Å². The Balaban J connectivity index is 2.68. The van der Waals surface area contributed by atoms with Gasteiger partial charge in [-0.25, -0.2) is 4.98 Å². The lowest BCUT2D eigenvalue weighted by atomic mass is 10.2. The molecule has 0 saturated carbocycles. The van der Waals surface area contributed by atoms with E-state index in [0.29, 0.717) is 12.2 Å². The summed E-state index contributed by atoms with van der Waals surface area (Å²) in [5, 5.41) is 8.52. The Bertz CT molecular complexity index is 271. The van der Waals surface area contributed by atoms with Gasteiger partial charge in [0, 0.05) is 18.4 Å². The number of rotatable bonds is 3. The second-order valence-corrected chi connectivity index (χ2v) is 2.39. The fourth-order valence-electron chi connectivity index (χ4n) is 0.856. The zero-order valence-corrected chi connectivity index (χ0v) is 6.77. The molecular weight excluding hydrogens is 152 g/mol. The fourth-order valence-corrected chi connectivity index (χ4v) is 0.856. The van der Waals surface area contributed by atoms with Gasteiger partial charge in [-0.2, -0.15) is 0 Å². The second kappa shape index (κ2) is 4.51. The second-order valence-electron chi connectivity index (χ2n) is 2.39. The van der Waals surface area contributed by atoms with Crippen LogP contribution in [-0.4, -0.2) is 16.7 Å². The zero-order valence-electron chi connectivity index (χ0n) is 6.77. The third kappa shape index (κ3) is 2.36. The summed E-state index contributed by atoms with van der Waals surface area (Å²) in [5.41, 5.74) is 6.47. The van der Waals surface area contributed by atoms with E-state index in [4.69, 9.17) is 10.8 Å². The predicted octanol–water partition coefficient (Wildman–Crippen LogP) is 1.06. The van der Waals surface area contributed by atoms with Gasteiger partial charge in [-0.3, -0.25) is 0 Å². The smallest absolute Gasteiger partial charge is 0.130 e. The van der Waals surface area contributed by atoms with Gasteiger partial charge in [0.25, 0.3) is 0 Å². The van der Waals surface area contributed by atoms with Crippen molar-refractivity contribution in [2.75, 3.05) is 12.3 Å². The molecule has 0 aliphatic carbocycles. The number of hydrogen-bond donors (Lipinski definition) is 2. The molecule has 0 aliphatic heterocycles. The number of anilines is 1. The number of aliphatic hydroxyl groups is 1. The lowest BCUT2D eigenvalue weighted by Gasteiger charge is -1.96. The molecule has 0 radical (unpaired) electrons. The summed E-state index contributed by atoms with van der Waals surface area (Å²) in [6.07, 6.45) is 6.03. The fraction of sp³-hybridized carbons (Fsp3) is 0.222. The monoisotopic (exact) mass is 164 g/mol. The van der Waals surface area contributed by atoms with Crippen molar-refractivity contribution in [3.8, 4) is 0 Å². The van der Waals surface area contributed by atoms with Crippen LogP contribution in [0.4, 0.5) is 5.82 Å². The van der Waals surface area contributed by atoms with Crippen LogP contribution in [0.1, 0.15) is 12.0 Å². The first-order valence-electron chi connectivity index (χ1n) is 3.82. The van der Waals surface area contributed by atoms with Gasteiger partial charge in [0.05, 0.1) is 0 Å². The van der Waals surface area contributed by atoms with E-state index in [1.807, 2.05) is 24.3 Å². The number of hydrogen-bond acceptors (Lipinski definition) is 3. The summed E-state index contributed by atoms with van der Waals surface area (Å²) in [5.74, 6) is 0.520. The largest absolute Gasteiger partial charge is 0.396 e. The van der Waals surface area contributed by atoms with Crippen LogP contribution in [0.15, 0.2) is 24.4 Å². The Hall–Kier alpha value is -1.35. The molecule has 0 bridgehead atoms. The lowest BCUT2D eigenvalue weighted by molar-refractivity contribution is 0.303. The first-order valence-corrected chi connectivity index (χ1v) is 3.82. The highest BCUT2D eigenvalue weighted by Crippen LogP contribution is 2.08. The Morgan fingerprint density at radius 2 is 2.42 bits per heavy atom. The SMILES string of the molecule is Nc1ncccc1C=CCCO. The summed E-state index contributed by atoms with van der Waals surface area (Å²) in [6, 6.07) is 3.71. The van der Waals surface area contributed by atoms with Crippen molar-refractivity contribution in [1.29, 1.82) is 0 Å². The number of pyridine rings is 1. The Labute approximate surface area is 71.6 Å². The van der Waals surface area contributed by atoms with Gasteiger partial charge < -0.3 is 10.8 Å². The van der Waals surface area contributed by atoms with Gasteiger partial charge in [0.1, 0.15) is 5.82 Å². The van der Waals surface area contributed by atoms with Crippen molar-refractivity contribution in [2.45, 2.75) is 6.42 Å². The predicted molar refractivity (Wildman–Crippen MR) is 49.4 cm³/mol. The Morgan fingerprint density at radius 1 is 1.58 bits per heavy atom. The van der Waals surface area contributed by atoms with Crippen molar-refractivity contribution < 1.29 is 5.11 Å². The highest BCUT2D eigenvalue weighted by molar-refractivity contribution is 5.60. The highest BCUT2D eigenvalue weighted by atomic mass is 16.2. The molecule has 0 aromatic carbocycles. The van der Waals surface area contributed by atoms with Crippen LogP contribution in [0.5, 0.6) is 0 Å². The molecule has 0 atom stereocenters. The third-order valence-electron chi connectivity index (χ3n) is 1.46. The Morgan fingerprint density at radius 3 is 3.08 bits per heavy atom. The highest BCUT2D eigenvalue weighted by Gasteiger charge is 1.91. The normalized spacial score (nSPS) is 10.8. The van der Waals surface area contributed by atoms with Crippen molar-refractivity contribution in [2.24, 2.45) is 0 Å². The minimum atomic E-state index is 0.163. The molecule has 0 saturated heterocycles. The summed E-state index contributed by atoms with van der Waals surface area (Å²) in [7, 11) is 0. The van der Waals surface area contributed by atoms with Gasteiger partial charge in [0.15, 0.2) is 0 Å². The van der Waals surface area contributed by atoms with E-state index >= 15 is 0 Å². The van der Waals surface area contributed by atoms with E-state index in [1.165, 1.54) is 0 Å². The van der Waals surface area contributed by atoms with Crippen LogP contribution < -0.4 is 5.73 Å². The molecule has 0 amide bonds. The molecular formula is C9H12N2O. The lowest BCUT2D eigenvalue weighted by Crippen LogP contribution is -1.91. The molecule has 1 heterocycles. The third-order valence-corrected chi connectivity index (χ3v) is 1.46. The average Bonchev–Trinajstić information content (AvgIpc) is 2.09. The van der Waals surface area contributed by atoms with Crippen molar-refractivity contribution in [1.82, 2.24) is 4.98 Å². The van der Waals surface area contributed by atoms with Gasteiger partial charge in [-0.1, -0.05) is 12.2 Å². The molecule has 0 unspecified atom stereocenters. The maximum Gasteiger partial charge on any atom is 0.130 e. The van der Waals surface area contributed by atoms with Crippen molar-refractivity contribution in [3.63, 3.8) is 0 Å². The number of aromatic nitrogens is 1. The van der Waals surface area contributed by atoms with Crippen molar-refractivity contribution >= 4 is 11.9 Å². The molecule has 0 aliphatic rings. The minimum Gasteiger partial charge on any atom is -0.396 e. The van der Waals surface area contributed by atoms with Crippen LogP contribution in [0.25, 0.3) is 6.08 Å². The van der Waals surface area contributed by atoms with E-state index in [9.17, 15) is 0 Å². The number of aliphatic hydroxyl groups excluding tert-OH is 1. The molecule has 0 fully saturated rings. The van der Waals surface area contributed by atoms with Gasteiger partial charge in [0.2, 0.25) is 0 Å². The minimum absolute atomic E-state index is 0.163. The first kappa shape index (κ1) is 8.74. The topological polar surface area (TPSA) is 59.1 Å². The molecule has 3 heteroatoms. The first-order chi connectivity index (χ1) is 5.84. The van der Waals surface area contributed by atoms with Crippen LogP contribution in [0, 0.1) is 0 Å². The summed E-state index contributed by atoms with van der Waals surface area (Å²) in [6.45, 7) is 0.163. The summed E-state index contributed by atoms with van der Waals surface area (Å²) in [4.78, 5) is 3.92. The maximum absolute atomic E-state index is 8.52. The zero-order chi connectivity index (χ0) is 8.81. The summed E-state index contributed by atoms with van der Waals surface area (Å²) >= 11 is 0. The Kier molecular flexibility index (Phi) is 3.29. The molecule has 3 N–H and O–H groups in total.